The van der Waals surface area contributed by atoms with Gasteiger partial charge >= 0.3 is 0 Å². The number of benzene rings is 2. The van der Waals surface area contributed by atoms with Gasteiger partial charge in [-0.1, -0.05) is 23.9 Å². The second-order valence-electron chi connectivity index (χ2n) is 5.39. The lowest BCUT2D eigenvalue weighted by molar-refractivity contribution is 0.101. The number of anilines is 1. The molecule has 0 aliphatic heterocycles. The summed E-state index contributed by atoms with van der Waals surface area (Å²) in [5.41, 5.74) is 2.47. The number of para-hydroxylation sites is 1. The second kappa shape index (κ2) is 7.36. The summed E-state index contributed by atoms with van der Waals surface area (Å²) in [5.74, 6) is -0.341. The highest BCUT2D eigenvalue weighted by Crippen LogP contribution is 2.20. The summed E-state index contributed by atoms with van der Waals surface area (Å²) >= 11 is 1.55. The number of hydrogen-bond donors (Lipinski definition) is 1. The molecule has 0 saturated carbocycles. The third-order valence-corrected chi connectivity index (χ3v) is 4.42. The summed E-state index contributed by atoms with van der Waals surface area (Å²) in [5, 5.41) is 3.68. The topological polar surface area (TPSA) is 64.0 Å². The number of imidazole rings is 1. The van der Waals surface area contributed by atoms with Crippen molar-refractivity contribution in [2.45, 2.75) is 12.1 Å². The number of Topliss-reactive ketones (excluding diaryl/α,β-unsaturated/α-hetero) is 1. The van der Waals surface area contributed by atoms with Crippen molar-refractivity contribution in [2.24, 2.45) is 0 Å². The lowest BCUT2D eigenvalue weighted by atomic mass is 10.1. The molecule has 0 spiro atoms. The van der Waals surface area contributed by atoms with Crippen LogP contribution in [0, 0.1) is 0 Å². The van der Waals surface area contributed by atoms with E-state index < -0.39 is 0 Å². The molecule has 0 saturated heterocycles. The molecule has 0 aliphatic carbocycles. The average Bonchev–Trinajstić information content (AvgIpc) is 3.11. The number of amides is 1. The number of hydrogen-bond acceptors (Lipinski definition) is 4. The number of rotatable bonds is 5. The molecule has 3 aromatic rings. The number of thioether (sulfide) groups is 1. The molecule has 126 valence electrons. The van der Waals surface area contributed by atoms with Gasteiger partial charge in [0.05, 0.1) is 5.69 Å². The van der Waals surface area contributed by atoms with Crippen LogP contribution in [0.4, 0.5) is 5.69 Å². The lowest BCUT2D eigenvalue weighted by Crippen LogP contribution is -2.14. The molecule has 1 aromatic heterocycles. The van der Waals surface area contributed by atoms with Gasteiger partial charge in [-0.15, -0.1) is 0 Å². The van der Waals surface area contributed by atoms with Gasteiger partial charge in [0.15, 0.2) is 10.9 Å². The first-order chi connectivity index (χ1) is 12.1. The van der Waals surface area contributed by atoms with Gasteiger partial charge < -0.3 is 5.32 Å². The second-order valence-corrected chi connectivity index (χ2v) is 6.16. The van der Waals surface area contributed by atoms with Gasteiger partial charge in [-0.2, -0.15) is 0 Å². The summed E-state index contributed by atoms with van der Waals surface area (Å²) in [6, 6.07) is 14.2. The smallest absolute Gasteiger partial charge is 0.255 e. The monoisotopic (exact) mass is 351 g/mol. The first-order valence-electron chi connectivity index (χ1n) is 7.69. The Labute approximate surface area is 150 Å². The standard InChI is InChI=1S/C19H17N3O2S/c1-13(23)16-5-3-4-6-17(16)21-18(24)14-7-9-15(10-8-14)22-12-11-20-19(22)25-2/h3-12H,1-2H3,(H,21,24). The van der Waals surface area contributed by atoms with E-state index in [1.54, 1.807) is 54.4 Å². The fourth-order valence-corrected chi connectivity index (χ4v) is 3.03. The molecule has 25 heavy (non-hydrogen) atoms. The third-order valence-electron chi connectivity index (χ3n) is 3.75. The van der Waals surface area contributed by atoms with E-state index in [0.29, 0.717) is 16.8 Å². The van der Waals surface area contributed by atoms with E-state index in [-0.39, 0.29) is 11.7 Å². The Morgan fingerprint density at radius 2 is 1.80 bits per heavy atom. The number of ketones is 1. The van der Waals surface area contributed by atoms with Crippen molar-refractivity contribution in [3.63, 3.8) is 0 Å². The van der Waals surface area contributed by atoms with E-state index in [0.717, 1.165) is 10.8 Å². The molecule has 2 aromatic carbocycles. The van der Waals surface area contributed by atoms with Crippen molar-refractivity contribution >= 4 is 29.1 Å². The molecule has 3 rings (SSSR count). The third kappa shape index (κ3) is 3.64. The molecule has 1 amide bonds. The van der Waals surface area contributed by atoms with Gasteiger partial charge in [-0.25, -0.2) is 4.98 Å². The zero-order chi connectivity index (χ0) is 17.8. The van der Waals surface area contributed by atoms with Crippen LogP contribution in [0.3, 0.4) is 0 Å². The minimum Gasteiger partial charge on any atom is -0.321 e. The Hall–Kier alpha value is -2.86. The van der Waals surface area contributed by atoms with Crippen molar-refractivity contribution in [3.8, 4) is 5.69 Å². The van der Waals surface area contributed by atoms with Gasteiger partial charge in [0.1, 0.15) is 0 Å². The SMILES string of the molecule is CSc1nccn1-c1ccc(C(=O)Nc2ccccc2C(C)=O)cc1. The minimum atomic E-state index is -0.254. The van der Waals surface area contributed by atoms with Crippen LogP contribution in [0.2, 0.25) is 0 Å². The maximum atomic E-state index is 12.5. The summed E-state index contributed by atoms with van der Waals surface area (Å²) in [7, 11) is 0. The lowest BCUT2D eigenvalue weighted by Gasteiger charge is -2.10. The molecule has 6 heteroatoms. The van der Waals surface area contributed by atoms with Crippen molar-refractivity contribution in [3.05, 3.63) is 72.1 Å². The van der Waals surface area contributed by atoms with Crippen molar-refractivity contribution in [1.82, 2.24) is 9.55 Å². The van der Waals surface area contributed by atoms with Crippen LogP contribution in [-0.4, -0.2) is 27.5 Å². The predicted molar refractivity (Wildman–Crippen MR) is 99.7 cm³/mol. The summed E-state index contributed by atoms with van der Waals surface area (Å²) in [6.45, 7) is 1.48. The zero-order valence-electron chi connectivity index (χ0n) is 13.9. The van der Waals surface area contributed by atoms with Crippen LogP contribution in [0.15, 0.2) is 66.1 Å². The molecule has 1 heterocycles. The quantitative estimate of drug-likeness (QED) is 0.556. The zero-order valence-corrected chi connectivity index (χ0v) is 14.7. The highest BCUT2D eigenvalue weighted by molar-refractivity contribution is 7.98. The van der Waals surface area contributed by atoms with Gasteiger partial charge in [0.25, 0.3) is 5.91 Å². The number of aromatic nitrogens is 2. The van der Waals surface area contributed by atoms with Gasteiger partial charge in [-0.05, 0) is 49.6 Å². The summed E-state index contributed by atoms with van der Waals surface area (Å²) < 4.78 is 1.96. The minimum absolute atomic E-state index is 0.0871. The predicted octanol–water partition coefficient (Wildman–Crippen LogP) is 4.05. The van der Waals surface area contributed by atoms with Gasteiger partial charge in [0, 0.05) is 29.2 Å². The van der Waals surface area contributed by atoms with E-state index in [2.05, 4.69) is 10.3 Å². The molecule has 0 radical (unpaired) electrons. The van der Waals surface area contributed by atoms with Gasteiger partial charge in [-0.3, -0.25) is 14.2 Å². The van der Waals surface area contributed by atoms with Crippen LogP contribution >= 0.6 is 11.8 Å². The van der Waals surface area contributed by atoms with E-state index in [1.165, 1.54) is 6.92 Å². The maximum Gasteiger partial charge on any atom is 0.255 e. The maximum absolute atomic E-state index is 12.5. The van der Waals surface area contributed by atoms with Crippen LogP contribution in [0.1, 0.15) is 27.6 Å². The number of nitrogens with zero attached hydrogens (tertiary/aromatic N) is 2. The molecular weight excluding hydrogens is 334 g/mol. The van der Waals surface area contributed by atoms with Crippen molar-refractivity contribution in [2.75, 3.05) is 11.6 Å². The molecule has 0 bridgehead atoms. The average molecular weight is 351 g/mol. The van der Waals surface area contributed by atoms with E-state index >= 15 is 0 Å². The Morgan fingerprint density at radius 1 is 1.08 bits per heavy atom. The highest BCUT2D eigenvalue weighted by Gasteiger charge is 2.12. The van der Waals surface area contributed by atoms with Crippen LogP contribution in [0.25, 0.3) is 5.69 Å². The number of carbonyl (C=O) groups excluding carboxylic acids is 2. The number of nitrogens with one attached hydrogen (secondary N) is 1. The fourth-order valence-electron chi connectivity index (χ4n) is 2.50. The first kappa shape index (κ1) is 17.0. The Balaban J connectivity index is 1.81. The molecular formula is C19H17N3O2S. The summed E-state index contributed by atoms with van der Waals surface area (Å²) in [6.07, 6.45) is 5.59. The number of carbonyl (C=O) groups is 2. The molecule has 1 N–H and O–H groups in total. The molecule has 0 unspecified atom stereocenters. The highest BCUT2D eigenvalue weighted by atomic mass is 32.2. The van der Waals surface area contributed by atoms with E-state index in [4.69, 9.17) is 0 Å². The molecule has 5 nitrogen and oxygen atoms in total. The van der Waals surface area contributed by atoms with Crippen LogP contribution in [-0.2, 0) is 0 Å². The van der Waals surface area contributed by atoms with Crippen molar-refractivity contribution in [1.29, 1.82) is 0 Å². The molecule has 0 fully saturated rings. The van der Waals surface area contributed by atoms with Crippen molar-refractivity contribution < 1.29 is 9.59 Å². The first-order valence-corrected chi connectivity index (χ1v) is 8.91. The molecule has 0 aliphatic rings. The van der Waals surface area contributed by atoms with Crippen LogP contribution in [0.5, 0.6) is 0 Å². The van der Waals surface area contributed by atoms with Gasteiger partial charge in [0.2, 0.25) is 0 Å². The van der Waals surface area contributed by atoms with E-state index in [1.807, 2.05) is 29.2 Å². The van der Waals surface area contributed by atoms with Crippen LogP contribution < -0.4 is 5.32 Å². The largest absolute Gasteiger partial charge is 0.321 e. The normalized spacial score (nSPS) is 10.5. The Morgan fingerprint density at radius 3 is 2.48 bits per heavy atom. The summed E-state index contributed by atoms with van der Waals surface area (Å²) in [4.78, 5) is 28.4. The van der Waals surface area contributed by atoms with E-state index in [9.17, 15) is 9.59 Å². The fraction of sp³-hybridized carbons (Fsp3) is 0.105. The Bertz CT molecular complexity index is 916. The Kier molecular flexibility index (Phi) is 5.00. The molecule has 0 atom stereocenters.